The molecule has 1 amide bonds. The summed E-state index contributed by atoms with van der Waals surface area (Å²) in [4.78, 5) is 26.0. The van der Waals surface area contributed by atoms with Crippen molar-refractivity contribution in [2.24, 2.45) is 0 Å². The Hall–Kier alpha value is -1.40. The first-order chi connectivity index (χ1) is 8.69. The zero-order chi connectivity index (χ0) is 13.0. The van der Waals surface area contributed by atoms with E-state index in [4.69, 9.17) is 0 Å². The number of ether oxygens (including phenoxy) is 1. The minimum atomic E-state index is -0.429. The number of nitrogens with one attached hydrogen (secondary N) is 1. The topological polar surface area (TPSA) is 58.6 Å². The predicted molar refractivity (Wildman–Crippen MR) is 68.3 cm³/mol. The van der Waals surface area contributed by atoms with Crippen LogP contribution < -0.4 is 5.32 Å². The first kappa shape index (κ1) is 13.0. The van der Waals surface area contributed by atoms with E-state index >= 15 is 0 Å². The molecule has 0 aromatic carbocycles. The highest BCUT2D eigenvalue weighted by Gasteiger charge is 2.19. The Bertz CT molecular complexity index is 444. The Balaban J connectivity index is 1.77. The smallest absolute Gasteiger partial charge is 0.325 e. The fourth-order valence-corrected chi connectivity index (χ4v) is 2.83. The maximum absolute atomic E-state index is 11.6. The van der Waals surface area contributed by atoms with Gasteiger partial charge in [-0.1, -0.05) is 0 Å². The summed E-state index contributed by atoms with van der Waals surface area (Å²) in [6, 6.07) is 2.11. The van der Waals surface area contributed by atoms with Gasteiger partial charge in [-0.25, -0.2) is 0 Å². The van der Waals surface area contributed by atoms with E-state index < -0.39 is 5.97 Å². The summed E-state index contributed by atoms with van der Waals surface area (Å²) in [6.45, 7) is 1.96. The molecule has 0 spiro atoms. The van der Waals surface area contributed by atoms with Crippen molar-refractivity contribution >= 4 is 23.2 Å². The zero-order valence-electron chi connectivity index (χ0n) is 10.3. The number of hydrogen-bond acceptors (Lipinski definition) is 5. The van der Waals surface area contributed by atoms with Gasteiger partial charge in [0.2, 0.25) is 5.91 Å². The molecular formula is C12H16N2O3S. The molecule has 5 nitrogen and oxygen atoms in total. The molecule has 6 heteroatoms. The summed E-state index contributed by atoms with van der Waals surface area (Å²) >= 11 is 1.78. The van der Waals surface area contributed by atoms with Crippen LogP contribution in [0.3, 0.4) is 0 Å². The standard InChI is InChI=1S/C12H16N2O3S/c1-17-12(16)6-13-11(15)8-14-4-2-10-9(7-14)3-5-18-10/h3,5H,2,4,6-8H2,1H3,(H,13,15). The van der Waals surface area contributed by atoms with Gasteiger partial charge in [0.05, 0.1) is 13.7 Å². The molecule has 1 aromatic rings. The highest BCUT2D eigenvalue weighted by molar-refractivity contribution is 7.10. The lowest BCUT2D eigenvalue weighted by molar-refractivity contribution is -0.141. The maximum Gasteiger partial charge on any atom is 0.325 e. The van der Waals surface area contributed by atoms with Crippen molar-refractivity contribution in [1.29, 1.82) is 0 Å². The largest absolute Gasteiger partial charge is 0.468 e. The van der Waals surface area contributed by atoms with Crippen molar-refractivity contribution in [2.45, 2.75) is 13.0 Å². The van der Waals surface area contributed by atoms with Crippen molar-refractivity contribution in [3.05, 3.63) is 21.9 Å². The van der Waals surface area contributed by atoms with E-state index in [2.05, 4.69) is 26.4 Å². The molecule has 0 fully saturated rings. The van der Waals surface area contributed by atoms with Crippen LogP contribution in [-0.2, 0) is 27.3 Å². The minimum Gasteiger partial charge on any atom is -0.468 e. The van der Waals surface area contributed by atoms with Crippen LogP contribution >= 0.6 is 11.3 Å². The van der Waals surface area contributed by atoms with Gasteiger partial charge >= 0.3 is 5.97 Å². The molecule has 1 aromatic heterocycles. The predicted octanol–water partition coefficient (Wildman–Crippen LogP) is 0.395. The minimum absolute atomic E-state index is 0.0626. The average molecular weight is 268 g/mol. The number of fused-ring (bicyclic) bond motifs is 1. The van der Waals surface area contributed by atoms with Crippen molar-refractivity contribution < 1.29 is 14.3 Å². The van der Waals surface area contributed by atoms with Gasteiger partial charge in [-0.15, -0.1) is 11.3 Å². The highest BCUT2D eigenvalue weighted by Crippen LogP contribution is 2.23. The molecule has 0 aliphatic carbocycles. The Morgan fingerprint density at radius 2 is 2.39 bits per heavy atom. The molecule has 0 saturated carbocycles. The molecule has 0 unspecified atom stereocenters. The second kappa shape index (κ2) is 5.97. The summed E-state index contributed by atoms with van der Waals surface area (Å²) in [5.74, 6) is -0.568. The number of hydrogen-bond donors (Lipinski definition) is 1. The number of carbonyl (C=O) groups is 2. The number of carbonyl (C=O) groups excluding carboxylic acids is 2. The van der Waals surface area contributed by atoms with Crippen LogP contribution in [0, 0.1) is 0 Å². The molecular weight excluding hydrogens is 252 g/mol. The summed E-state index contributed by atoms with van der Waals surface area (Å²) in [6.07, 6.45) is 0.997. The molecule has 2 heterocycles. The Labute approximate surface area is 110 Å². The van der Waals surface area contributed by atoms with Gasteiger partial charge in [0.25, 0.3) is 0 Å². The van der Waals surface area contributed by atoms with Crippen LogP contribution in [0.2, 0.25) is 0 Å². The summed E-state index contributed by atoms with van der Waals surface area (Å²) in [5, 5.41) is 4.63. The molecule has 0 radical (unpaired) electrons. The maximum atomic E-state index is 11.6. The van der Waals surface area contributed by atoms with E-state index in [9.17, 15) is 9.59 Å². The van der Waals surface area contributed by atoms with Crippen LogP contribution in [0.1, 0.15) is 10.4 Å². The monoisotopic (exact) mass is 268 g/mol. The van der Waals surface area contributed by atoms with Gasteiger partial charge in [0.1, 0.15) is 6.54 Å². The van der Waals surface area contributed by atoms with Crippen molar-refractivity contribution in [3.8, 4) is 0 Å². The highest BCUT2D eigenvalue weighted by atomic mass is 32.1. The lowest BCUT2D eigenvalue weighted by Crippen LogP contribution is -2.41. The SMILES string of the molecule is COC(=O)CNC(=O)CN1CCc2sccc2C1. The first-order valence-corrected chi connectivity index (χ1v) is 6.68. The van der Waals surface area contributed by atoms with E-state index in [0.717, 1.165) is 19.5 Å². The van der Waals surface area contributed by atoms with Gasteiger partial charge in [-0.3, -0.25) is 14.5 Å². The Morgan fingerprint density at radius 1 is 1.56 bits per heavy atom. The van der Waals surface area contributed by atoms with E-state index in [-0.39, 0.29) is 12.5 Å². The van der Waals surface area contributed by atoms with Crippen LogP contribution in [0.5, 0.6) is 0 Å². The number of rotatable bonds is 4. The molecule has 1 aliphatic heterocycles. The molecule has 1 N–H and O–H groups in total. The molecule has 0 bridgehead atoms. The van der Waals surface area contributed by atoms with Gasteiger partial charge in [-0.2, -0.15) is 0 Å². The van der Waals surface area contributed by atoms with E-state index in [1.165, 1.54) is 17.6 Å². The zero-order valence-corrected chi connectivity index (χ0v) is 11.1. The Kier molecular flexibility index (Phi) is 4.33. The summed E-state index contributed by atoms with van der Waals surface area (Å²) in [7, 11) is 1.30. The van der Waals surface area contributed by atoms with Crippen LogP contribution in [0.15, 0.2) is 11.4 Å². The number of nitrogens with zero attached hydrogens (tertiary/aromatic N) is 1. The quantitative estimate of drug-likeness (QED) is 0.803. The van der Waals surface area contributed by atoms with Gasteiger partial charge < -0.3 is 10.1 Å². The van der Waals surface area contributed by atoms with Gasteiger partial charge in [0, 0.05) is 18.0 Å². The number of thiophene rings is 1. The van der Waals surface area contributed by atoms with Crippen molar-refractivity contribution in [1.82, 2.24) is 10.2 Å². The second-order valence-electron chi connectivity index (χ2n) is 4.18. The van der Waals surface area contributed by atoms with E-state index in [0.29, 0.717) is 6.54 Å². The number of amides is 1. The lowest BCUT2D eigenvalue weighted by atomic mass is 10.1. The first-order valence-electron chi connectivity index (χ1n) is 5.80. The van der Waals surface area contributed by atoms with Gasteiger partial charge in [0.15, 0.2) is 0 Å². The Morgan fingerprint density at radius 3 is 3.17 bits per heavy atom. The third-order valence-electron chi connectivity index (χ3n) is 2.91. The number of esters is 1. The number of methoxy groups -OCH3 is 1. The summed E-state index contributed by atoms with van der Waals surface area (Å²) in [5.41, 5.74) is 1.31. The fraction of sp³-hybridized carbons (Fsp3) is 0.500. The van der Waals surface area contributed by atoms with Crippen LogP contribution in [-0.4, -0.2) is 43.5 Å². The second-order valence-corrected chi connectivity index (χ2v) is 5.18. The van der Waals surface area contributed by atoms with E-state index in [1.54, 1.807) is 11.3 Å². The molecule has 18 heavy (non-hydrogen) atoms. The molecule has 2 rings (SSSR count). The van der Waals surface area contributed by atoms with Gasteiger partial charge in [-0.05, 0) is 23.4 Å². The fourth-order valence-electron chi connectivity index (χ4n) is 1.94. The van der Waals surface area contributed by atoms with E-state index in [1.807, 2.05) is 0 Å². The average Bonchev–Trinajstić information content (AvgIpc) is 2.83. The molecule has 1 aliphatic rings. The molecule has 0 atom stereocenters. The van der Waals surface area contributed by atoms with Crippen molar-refractivity contribution in [3.63, 3.8) is 0 Å². The third-order valence-corrected chi connectivity index (χ3v) is 3.93. The van der Waals surface area contributed by atoms with Crippen molar-refractivity contribution in [2.75, 3.05) is 26.7 Å². The lowest BCUT2D eigenvalue weighted by Gasteiger charge is -2.25. The molecule has 98 valence electrons. The normalized spacial score (nSPS) is 14.9. The van der Waals surface area contributed by atoms with Crippen LogP contribution in [0.25, 0.3) is 0 Å². The third kappa shape index (κ3) is 3.30. The molecule has 0 saturated heterocycles. The van der Waals surface area contributed by atoms with Crippen LogP contribution in [0.4, 0.5) is 0 Å². The summed E-state index contributed by atoms with van der Waals surface area (Å²) < 4.78 is 4.46.